The number of carbonyl (C=O) groups excluding carboxylic acids is 1. The van der Waals surface area contributed by atoms with E-state index in [0.29, 0.717) is 5.78 Å². The second kappa shape index (κ2) is 3.78. The van der Waals surface area contributed by atoms with E-state index in [4.69, 9.17) is 0 Å². The molecule has 2 rings (SSSR count). The molecule has 1 atom stereocenters. The van der Waals surface area contributed by atoms with Crippen LogP contribution in [0.2, 0.25) is 0 Å². The van der Waals surface area contributed by atoms with Gasteiger partial charge in [-0.05, 0) is 46.3 Å². The zero-order valence-electron chi connectivity index (χ0n) is 8.18. The Balaban J connectivity index is 2.07. The largest absolute Gasteiger partial charge is 0.300 e. The first-order valence-corrected chi connectivity index (χ1v) is 6.44. The third-order valence-corrected chi connectivity index (χ3v) is 4.48. The van der Waals surface area contributed by atoms with E-state index < -0.39 is 0 Å². The van der Waals surface area contributed by atoms with Crippen LogP contribution in [-0.2, 0) is 11.2 Å². The van der Waals surface area contributed by atoms with Gasteiger partial charge in [-0.25, -0.2) is 0 Å². The average molecular weight is 273 g/mol. The van der Waals surface area contributed by atoms with Crippen molar-refractivity contribution in [3.8, 4) is 0 Å². The van der Waals surface area contributed by atoms with Gasteiger partial charge in [-0.3, -0.25) is 4.79 Å². The predicted octanol–water partition coefficient (Wildman–Crippen LogP) is 3.81. The summed E-state index contributed by atoms with van der Waals surface area (Å²) in [5.41, 5.74) is 0.224. The molecule has 1 aromatic heterocycles. The number of carbonyl (C=O) groups is 1. The molecule has 0 aromatic carbocycles. The van der Waals surface area contributed by atoms with Crippen molar-refractivity contribution in [2.45, 2.75) is 32.6 Å². The van der Waals surface area contributed by atoms with E-state index >= 15 is 0 Å². The second-order valence-electron chi connectivity index (χ2n) is 4.41. The van der Waals surface area contributed by atoms with Crippen LogP contribution >= 0.6 is 27.3 Å². The van der Waals surface area contributed by atoms with Crippen molar-refractivity contribution in [1.82, 2.24) is 0 Å². The van der Waals surface area contributed by atoms with Crippen LogP contribution in [0.1, 0.15) is 31.1 Å². The predicted molar refractivity (Wildman–Crippen MR) is 62.7 cm³/mol. The van der Waals surface area contributed by atoms with Crippen molar-refractivity contribution in [3.05, 3.63) is 20.8 Å². The molecule has 1 unspecified atom stereocenters. The highest BCUT2D eigenvalue weighted by Crippen LogP contribution is 2.40. The van der Waals surface area contributed by atoms with Gasteiger partial charge in [-0.15, -0.1) is 11.3 Å². The van der Waals surface area contributed by atoms with Crippen LogP contribution in [0.4, 0.5) is 0 Å². The molecule has 1 heterocycles. The fraction of sp³-hybridized carbons (Fsp3) is 0.545. The molecule has 0 aliphatic heterocycles. The molecule has 3 heteroatoms. The Kier molecular flexibility index (Phi) is 2.80. The van der Waals surface area contributed by atoms with Crippen LogP contribution in [-0.4, -0.2) is 5.78 Å². The fourth-order valence-corrected chi connectivity index (χ4v) is 3.81. The normalized spacial score (nSPS) is 27.1. The van der Waals surface area contributed by atoms with Crippen LogP contribution in [0.15, 0.2) is 15.9 Å². The number of halogens is 1. The molecular weight excluding hydrogens is 260 g/mol. The van der Waals surface area contributed by atoms with Gasteiger partial charge in [0, 0.05) is 17.7 Å². The van der Waals surface area contributed by atoms with Gasteiger partial charge < -0.3 is 0 Å². The van der Waals surface area contributed by atoms with Crippen LogP contribution in [0.5, 0.6) is 0 Å². The summed E-state index contributed by atoms with van der Waals surface area (Å²) in [6.45, 7) is 2.23. The molecule has 0 radical (unpaired) electrons. The van der Waals surface area contributed by atoms with Crippen molar-refractivity contribution in [3.63, 3.8) is 0 Å². The summed E-state index contributed by atoms with van der Waals surface area (Å²) in [5.74, 6) is 0.433. The summed E-state index contributed by atoms with van der Waals surface area (Å²) in [7, 11) is 0. The van der Waals surface area contributed by atoms with Gasteiger partial charge in [0.2, 0.25) is 0 Å². The highest BCUT2D eigenvalue weighted by molar-refractivity contribution is 9.11. The number of rotatable bonds is 2. The van der Waals surface area contributed by atoms with E-state index in [2.05, 4.69) is 35.0 Å². The molecule has 0 bridgehead atoms. The molecule has 0 N–H and O–H groups in total. The molecule has 0 spiro atoms. The van der Waals surface area contributed by atoms with Crippen LogP contribution in [0.3, 0.4) is 0 Å². The first kappa shape index (κ1) is 10.4. The SMILES string of the molecule is CC1(Cc2ccc(Br)s2)CCC(=O)C1. The maximum atomic E-state index is 11.2. The van der Waals surface area contributed by atoms with E-state index in [1.165, 1.54) is 8.66 Å². The van der Waals surface area contributed by atoms with Gasteiger partial charge in [0.15, 0.2) is 0 Å². The Morgan fingerprint density at radius 1 is 1.57 bits per heavy atom. The monoisotopic (exact) mass is 272 g/mol. The van der Waals surface area contributed by atoms with Gasteiger partial charge in [-0.2, -0.15) is 0 Å². The van der Waals surface area contributed by atoms with Gasteiger partial charge in [0.25, 0.3) is 0 Å². The highest BCUT2D eigenvalue weighted by atomic mass is 79.9. The zero-order chi connectivity index (χ0) is 10.2. The molecule has 1 aliphatic rings. The standard InChI is InChI=1S/C11H13BrOS/c1-11(5-4-8(13)6-11)7-9-2-3-10(12)14-9/h2-3H,4-7H2,1H3. The topological polar surface area (TPSA) is 17.1 Å². The van der Waals surface area contributed by atoms with E-state index in [-0.39, 0.29) is 5.41 Å². The summed E-state index contributed by atoms with van der Waals surface area (Å²) in [5, 5.41) is 0. The van der Waals surface area contributed by atoms with Crippen molar-refractivity contribution in [2.24, 2.45) is 5.41 Å². The molecule has 1 fully saturated rings. The summed E-state index contributed by atoms with van der Waals surface area (Å²) in [6.07, 6.45) is 3.65. The van der Waals surface area contributed by atoms with Gasteiger partial charge >= 0.3 is 0 Å². The summed E-state index contributed by atoms with van der Waals surface area (Å²) < 4.78 is 1.18. The Bertz CT molecular complexity index is 358. The lowest BCUT2D eigenvalue weighted by molar-refractivity contribution is -0.117. The molecule has 0 amide bonds. The molecule has 1 aliphatic carbocycles. The third kappa shape index (κ3) is 2.26. The second-order valence-corrected chi connectivity index (χ2v) is 6.96. The minimum Gasteiger partial charge on any atom is -0.300 e. The van der Waals surface area contributed by atoms with Crippen LogP contribution < -0.4 is 0 Å². The molecule has 14 heavy (non-hydrogen) atoms. The molecule has 1 aromatic rings. The highest BCUT2D eigenvalue weighted by Gasteiger charge is 2.34. The lowest BCUT2D eigenvalue weighted by Crippen LogP contribution is -2.14. The van der Waals surface area contributed by atoms with Crippen molar-refractivity contribution < 1.29 is 4.79 Å². The average Bonchev–Trinajstić information content (AvgIpc) is 2.60. The number of hydrogen-bond donors (Lipinski definition) is 0. The van der Waals surface area contributed by atoms with E-state index in [9.17, 15) is 4.79 Å². The Labute approximate surface area is 96.6 Å². The first-order chi connectivity index (χ1) is 6.57. The maximum absolute atomic E-state index is 11.2. The van der Waals surface area contributed by atoms with Crippen molar-refractivity contribution in [2.75, 3.05) is 0 Å². The Morgan fingerprint density at radius 3 is 2.86 bits per heavy atom. The van der Waals surface area contributed by atoms with Crippen LogP contribution in [0.25, 0.3) is 0 Å². The fourth-order valence-electron chi connectivity index (χ4n) is 2.11. The quantitative estimate of drug-likeness (QED) is 0.800. The smallest absolute Gasteiger partial charge is 0.133 e. The summed E-state index contributed by atoms with van der Waals surface area (Å²) >= 11 is 5.24. The molecule has 1 saturated carbocycles. The minimum absolute atomic E-state index is 0.224. The van der Waals surface area contributed by atoms with E-state index in [0.717, 1.165) is 25.7 Å². The number of ketones is 1. The van der Waals surface area contributed by atoms with E-state index in [1.807, 2.05) is 0 Å². The maximum Gasteiger partial charge on any atom is 0.133 e. The lowest BCUT2D eigenvalue weighted by Gasteiger charge is -2.21. The Hall–Kier alpha value is -0.150. The number of Topliss-reactive ketones (excluding diaryl/α,β-unsaturated/α-hetero) is 1. The lowest BCUT2D eigenvalue weighted by atomic mass is 9.84. The van der Waals surface area contributed by atoms with E-state index in [1.54, 1.807) is 11.3 Å². The number of thiophene rings is 1. The van der Waals surface area contributed by atoms with Gasteiger partial charge in [-0.1, -0.05) is 6.92 Å². The summed E-state index contributed by atoms with van der Waals surface area (Å²) in [6, 6.07) is 4.24. The summed E-state index contributed by atoms with van der Waals surface area (Å²) in [4.78, 5) is 12.6. The first-order valence-electron chi connectivity index (χ1n) is 4.83. The van der Waals surface area contributed by atoms with Crippen LogP contribution in [0, 0.1) is 5.41 Å². The number of hydrogen-bond acceptors (Lipinski definition) is 2. The molecule has 76 valence electrons. The third-order valence-electron chi connectivity index (χ3n) is 2.86. The Morgan fingerprint density at radius 2 is 2.36 bits per heavy atom. The minimum atomic E-state index is 0.224. The van der Waals surface area contributed by atoms with Gasteiger partial charge in [0.05, 0.1) is 3.79 Å². The zero-order valence-corrected chi connectivity index (χ0v) is 10.6. The van der Waals surface area contributed by atoms with Crippen molar-refractivity contribution in [1.29, 1.82) is 0 Å². The molecular formula is C11H13BrOS. The molecule has 0 saturated heterocycles. The van der Waals surface area contributed by atoms with Crippen molar-refractivity contribution >= 4 is 33.0 Å². The van der Waals surface area contributed by atoms with Gasteiger partial charge in [0.1, 0.15) is 5.78 Å². The molecule has 1 nitrogen and oxygen atoms in total.